The van der Waals surface area contributed by atoms with Crippen LogP contribution in [0.25, 0.3) is 0 Å². The number of rotatable bonds is 9. The number of carbonyl (C=O) groups is 2. The van der Waals surface area contributed by atoms with Crippen LogP contribution in [0.5, 0.6) is 0 Å². The van der Waals surface area contributed by atoms with Gasteiger partial charge in [-0.25, -0.2) is 4.79 Å². The summed E-state index contributed by atoms with van der Waals surface area (Å²) in [4.78, 5) is 28.9. The average molecular weight is 397 g/mol. The minimum atomic E-state index is -0.160. The first-order chi connectivity index (χ1) is 13.9. The molecule has 0 aliphatic heterocycles. The fraction of sp³-hybridized carbons (Fsp3) is 0.391. The van der Waals surface area contributed by atoms with Gasteiger partial charge in [0.05, 0.1) is 0 Å². The third-order valence-electron chi connectivity index (χ3n) is 4.71. The van der Waals surface area contributed by atoms with Gasteiger partial charge in [0.25, 0.3) is 5.91 Å². The minimum absolute atomic E-state index is 0.103. The molecule has 0 aliphatic rings. The van der Waals surface area contributed by atoms with E-state index in [-0.39, 0.29) is 18.0 Å². The number of hydrogen-bond acceptors (Lipinski definition) is 3. The maximum Gasteiger partial charge on any atom is 0.322 e. The third kappa shape index (κ3) is 7.58. The van der Waals surface area contributed by atoms with E-state index < -0.39 is 0 Å². The Kier molecular flexibility index (Phi) is 8.68. The van der Waals surface area contributed by atoms with E-state index in [1.165, 1.54) is 0 Å². The molecule has 0 saturated heterocycles. The molecule has 0 saturated carbocycles. The highest BCUT2D eigenvalue weighted by Gasteiger charge is 2.15. The Morgan fingerprint density at radius 2 is 1.62 bits per heavy atom. The Labute approximate surface area is 173 Å². The molecule has 0 heterocycles. The first-order valence-corrected chi connectivity index (χ1v) is 10.0. The summed E-state index contributed by atoms with van der Waals surface area (Å²) in [7, 11) is 3.98. The Bertz CT molecular complexity index is 775. The molecule has 2 rings (SSSR count). The molecular weight excluding hydrogens is 364 g/mol. The fourth-order valence-electron chi connectivity index (χ4n) is 2.69. The number of hydrogen-bond donors (Lipinski definition) is 2. The van der Waals surface area contributed by atoms with Gasteiger partial charge >= 0.3 is 6.03 Å². The van der Waals surface area contributed by atoms with Crippen LogP contribution in [-0.4, -0.2) is 55.0 Å². The standard InChI is InChI=1S/C23H32N4O2/c1-5-18(2)24-22(28)20-11-13-21(14-12-20)25-23(29)27(16-15-26(3)4)17-19-9-7-6-8-10-19/h6-14,18H,5,15-17H2,1-4H3,(H,24,28)(H,25,29). The van der Waals surface area contributed by atoms with Gasteiger partial charge in [0.2, 0.25) is 0 Å². The van der Waals surface area contributed by atoms with Crippen LogP contribution in [0, 0.1) is 0 Å². The van der Waals surface area contributed by atoms with Crippen LogP contribution in [-0.2, 0) is 6.54 Å². The van der Waals surface area contributed by atoms with Crippen molar-refractivity contribution in [3.05, 3.63) is 65.7 Å². The van der Waals surface area contributed by atoms with Crippen molar-refractivity contribution in [3.8, 4) is 0 Å². The smallest absolute Gasteiger partial charge is 0.322 e. The van der Waals surface area contributed by atoms with E-state index in [4.69, 9.17) is 0 Å². The van der Waals surface area contributed by atoms with Crippen molar-refractivity contribution in [2.75, 3.05) is 32.5 Å². The number of nitrogens with zero attached hydrogens (tertiary/aromatic N) is 2. The van der Waals surface area contributed by atoms with Crippen LogP contribution in [0.1, 0.15) is 36.2 Å². The Morgan fingerprint density at radius 1 is 0.966 bits per heavy atom. The van der Waals surface area contributed by atoms with Gasteiger partial charge in [0, 0.05) is 36.9 Å². The molecule has 2 aromatic rings. The lowest BCUT2D eigenvalue weighted by molar-refractivity contribution is 0.0939. The summed E-state index contributed by atoms with van der Waals surface area (Å²) in [5, 5.41) is 5.88. The van der Waals surface area contributed by atoms with Crippen LogP contribution < -0.4 is 10.6 Å². The molecular formula is C23H32N4O2. The molecule has 2 N–H and O–H groups in total. The van der Waals surface area contributed by atoms with Gasteiger partial charge in [0.15, 0.2) is 0 Å². The maximum absolute atomic E-state index is 12.8. The Hall–Kier alpha value is -2.86. The van der Waals surface area contributed by atoms with Crippen LogP contribution >= 0.6 is 0 Å². The topological polar surface area (TPSA) is 64.7 Å². The molecule has 6 heteroatoms. The monoisotopic (exact) mass is 396 g/mol. The molecule has 0 aromatic heterocycles. The van der Waals surface area contributed by atoms with Crippen molar-refractivity contribution in [2.45, 2.75) is 32.9 Å². The zero-order valence-electron chi connectivity index (χ0n) is 17.8. The van der Waals surface area contributed by atoms with Crippen LogP contribution in [0.4, 0.5) is 10.5 Å². The number of likely N-dealkylation sites (N-methyl/N-ethyl adjacent to an activating group) is 1. The molecule has 0 fully saturated rings. The molecule has 1 atom stereocenters. The largest absolute Gasteiger partial charge is 0.350 e. The lowest BCUT2D eigenvalue weighted by atomic mass is 10.1. The number of amides is 3. The number of benzene rings is 2. The molecule has 0 radical (unpaired) electrons. The summed E-state index contributed by atoms with van der Waals surface area (Å²) < 4.78 is 0. The van der Waals surface area contributed by atoms with Gasteiger partial charge in [-0.05, 0) is 57.3 Å². The molecule has 0 aliphatic carbocycles. The second-order valence-electron chi connectivity index (χ2n) is 7.50. The van der Waals surface area contributed by atoms with E-state index in [1.807, 2.05) is 58.3 Å². The molecule has 1 unspecified atom stereocenters. The first kappa shape index (κ1) is 22.4. The number of carbonyl (C=O) groups excluding carboxylic acids is 2. The SMILES string of the molecule is CCC(C)NC(=O)c1ccc(NC(=O)N(CCN(C)C)Cc2ccccc2)cc1. The van der Waals surface area contributed by atoms with E-state index in [2.05, 4.69) is 15.5 Å². The Balaban J connectivity index is 2.02. The number of urea groups is 1. The van der Waals surface area contributed by atoms with E-state index >= 15 is 0 Å². The van der Waals surface area contributed by atoms with Crippen LogP contribution in [0.3, 0.4) is 0 Å². The number of nitrogens with one attached hydrogen (secondary N) is 2. The van der Waals surface area contributed by atoms with Crippen molar-refractivity contribution in [1.29, 1.82) is 0 Å². The predicted octanol–water partition coefficient (Wildman–Crippen LogP) is 3.81. The highest BCUT2D eigenvalue weighted by atomic mass is 16.2. The fourth-order valence-corrected chi connectivity index (χ4v) is 2.69. The van der Waals surface area contributed by atoms with Crippen molar-refractivity contribution >= 4 is 17.6 Å². The third-order valence-corrected chi connectivity index (χ3v) is 4.71. The summed E-state index contributed by atoms with van der Waals surface area (Å²) in [6.07, 6.45) is 0.879. The van der Waals surface area contributed by atoms with Gasteiger partial charge in [-0.2, -0.15) is 0 Å². The molecule has 2 aromatic carbocycles. The number of anilines is 1. The maximum atomic E-state index is 12.8. The van der Waals surface area contributed by atoms with E-state index in [1.54, 1.807) is 29.2 Å². The normalized spacial score (nSPS) is 11.8. The van der Waals surface area contributed by atoms with Gasteiger partial charge < -0.3 is 20.4 Å². The summed E-state index contributed by atoms with van der Waals surface area (Å²) in [5.41, 5.74) is 2.33. The predicted molar refractivity (Wildman–Crippen MR) is 118 cm³/mol. The molecule has 0 spiro atoms. The van der Waals surface area contributed by atoms with Crippen molar-refractivity contribution in [1.82, 2.24) is 15.1 Å². The van der Waals surface area contributed by atoms with E-state index in [9.17, 15) is 9.59 Å². The zero-order chi connectivity index (χ0) is 21.2. The quantitative estimate of drug-likeness (QED) is 0.677. The first-order valence-electron chi connectivity index (χ1n) is 10.0. The van der Waals surface area contributed by atoms with Gasteiger partial charge in [-0.1, -0.05) is 37.3 Å². The zero-order valence-corrected chi connectivity index (χ0v) is 17.8. The molecule has 6 nitrogen and oxygen atoms in total. The van der Waals surface area contributed by atoms with E-state index in [0.29, 0.717) is 24.3 Å². The van der Waals surface area contributed by atoms with Crippen LogP contribution in [0.15, 0.2) is 54.6 Å². The highest BCUT2D eigenvalue weighted by Crippen LogP contribution is 2.12. The molecule has 29 heavy (non-hydrogen) atoms. The summed E-state index contributed by atoms with van der Waals surface area (Å²) in [5.74, 6) is -0.103. The van der Waals surface area contributed by atoms with E-state index in [0.717, 1.165) is 18.5 Å². The lowest BCUT2D eigenvalue weighted by Crippen LogP contribution is -2.39. The van der Waals surface area contributed by atoms with Crippen molar-refractivity contribution < 1.29 is 9.59 Å². The van der Waals surface area contributed by atoms with Gasteiger partial charge in [0.1, 0.15) is 0 Å². The van der Waals surface area contributed by atoms with Crippen molar-refractivity contribution in [2.24, 2.45) is 0 Å². The highest BCUT2D eigenvalue weighted by molar-refractivity contribution is 5.95. The van der Waals surface area contributed by atoms with Gasteiger partial charge in [-0.3, -0.25) is 4.79 Å². The average Bonchev–Trinajstić information content (AvgIpc) is 2.72. The molecule has 0 bridgehead atoms. The second kappa shape index (κ2) is 11.2. The summed E-state index contributed by atoms with van der Waals surface area (Å²) in [6.45, 7) is 5.93. The minimum Gasteiger partial charge on any atom is -0.350 e. The Morgan fingerprint density at radius 3 is 2.21 bits per heavy atom. The molecule has 156 valence electrons. The van der Waals surface area contributed by atoms with Crippen molar-refractivity contribution in [3.63, 3.8) is 0 Å². The van der Waals surface area contributed by atoms with Crippen LogP contribution in [0.2, 0.25) is 0 Å². The lowest BCUT2D eigenvalue weighted by Gasteiger charge is -2.25. The molecule has 3 amide bonds. The van der Waals surface area contributed by atoms with Gasteiger partial charge in [-0.15, -0.1) is 0 Å². The second-order valence-corrected chi connectivity index (χ2v) is 7.50. The summed E-state index contributed by atoms with van der Waals surface area (Å²) >= 11 is 0. The summed E-state index contributed by atoms with van der Waals surface area (Å²) in [6, 6.07) is 16.9.